The molecule has 0 heterocycles. The van der Waals surface area contributed by atoms with Crippen LogP contribution in [0.15, 0.2) is 51.8 Å². The number of anilines is 1. The number of hydrogen-bond donors (Lipinski definition) is 2. The number of methoxy groups -OCH3 is 1. The molecule has 0 fully saturated rings. The highest BCUT2D eigenvalue weighted by molar-refractivity contribution is 9.10. The minimum absolute atomic E-state index is 0.0161. The van der Waals surface area contributed by atoms with Crippen molar-refractivity contribution in [3.8, 4) is 11.5 Å². The second kappa shape index (κ2) is 5.72. The molecule has 20 heavy (non-hydrogen) atoms. The predicted octanol–water partition coefficient (Wildman–Crippen LogP) is 2.96. The summed E-state index contributed by atoms with van der Waals surface area (Å²) < 4.78 is 32.7. The van der Waals surface area contributed by atoms with E-state index in [-0.39, 0.29) is 22.1 Å². The number of aromatic hydroxyl groups is 1. The quantitative estimate of drug-likeness (QED) is 0.824. The van der Waals surface area contributed by atoms with E-state index in [2.05, 4.69) is 20.7 Å². The van der Waals surface area contributed by atoms with Crippen LogP contribution < -0.4 is 9.46 Å². The highest BCUT2D eigenvalue weighted by Gasteiger charge is 2.21. The van der Waals surface area contributed by atoms with Gasteiger partial charge in [-0.25, -0.2) is 8.42 Å². The molecule has 2 aromatic rings. The van der Waals surface area contributed by atoms with Gasteiger partial charge in [0.2, 0.25) is 0 Å². The van der Waals surface area contributed by atoms with E-state index in [0.717, 1.165) is 0 Å². The van der Waals surface area contributed by atoms with Gasteiger partial charge < -0.3 is 9.84 Å². The molecule has 0 aliphatic heterocycles. The maximum absolute atomic E-state index is 12.4. The van der Waals surface area contributed by atoms with E-state index in [1.165, 1.54) is 25.3 Å². The van der Waals surface area contributed by atoms with Crippen LogP contribution in [-0.4, -0.2) is 20.6 Å². The first kappa shape index (κ1) is 14.7. The Morgan fingerprint density at radius 3 is 2.55 bits per heavy atom. The summed E-state index contributed by atoms with van der Waals surface area (Å²) in [5.41, 5.74) is 0.106. The number of benzene rings is 2. The summed E-state index contributed by atoms with van der Waals surface area (Å²) in [6.07, 6.45) is 0. The van der Waals surface area contributed by atoms with Crippen molar-refractivity contribution in [1.82, 2.24) is 0 Å². The van der Waals surface area contributed by atoms with E-state index in [9.17, 15) is 13.5 Å². The van der Waals surface area contributed by atoms with Gasteiger partial charge in [-0.2, -0.15) is 0 Å². The van der Waals surface area contributed by atoms with Gasteiger partial charge in [-0.3, -0.25) is 4.72 Å². The molecule has 0 radical (unpaired) electrons. The van der Waals surface area contributed by atoms with Gasteiger partial charge in [0, 0.05) is 4.47 Å². The minimum atomic E-state index is -3.87. The lowest BCUT2D eigenvalue weighted by Crippen LogP contribution is -2.14. The molecule has 0 amide bonds. The van der Waals surface area contributed by atoms with Gasteiger partial charge in [-0.05, 0) is 30.3 Å². The first-order valence-electron chi connectivity index (χ1n) is 5.58. The summed E-state index contributed by atoms with van der Waals surface area (Å²) in [7, 11) is -2.47. The largest absolute Gasteiger partial charge is 0.506 e. The lowest BCUT2D eigenvalue weighted by atomic mass is 10.3. The second-order valence-corrected chi connectivity index (χ2v) is 6.48. The third-order valence-corrected chi connectivity index (χ3v) is 4.44. The Balaban J connectivity index is 2.46. The topological polar surface area (TPSA) is 75.6 Å². The normalized spacial score (nSPS) is 11.1. The molecule has 0 atom stereocenters. The molecule has 0 saturated heterocycles. The lowest BCUT2D eigenvalue weighted by molar-refractivity contribution is 0.402. The fourth-order valence-corrected chi connectivity index (χ4v) is 3.40. The number of nitrogens with one attached hydrogen (secondary N) is 1. The Morgan fingerprint density at radius 2 is 1.90 bits per heavy atom. The average molecular weight is 358 g/mol. The smallest absolute Gasteiger partial charge is 0.265 e. The first-order chi connectivity index (χ1) is 9.44. The number of sulfonamides is 1. The van der Waals surface area contributed by atoms with Crippen LogP contribution in [0.4, 0.5) is 5.69 Å². The Hall–Kier alpha value is -1.73. The number of halogens is 1. The summed E-state index contributed by atoms with van der Waals surface area (Å²) in [5, 5.41) is 9.63. The van der Waals surface area contributed by atoms with Crippen molar-refractivity contribution in [2.75, 3.05) is 11.8 Å². The molecule has 0 unspecified atom stereocenters. The molecular formula is C13H12BrNO4S. The predicted molar refractivity (Wildman–Crippen MR) is 79.6 cm³/mol. The zero-order chi connectivity index (χ0) is 14.8. The Labute approximate surface area is 125 Å². The van der Waals surface area contributed by atoms with E-state index in [1.807, 2.05) is 0 Å². The zero-order valence-corrected chi connectivity index (χ0v) is 12.9. The van der Waals surface area contributed by atoms with E-state index in [1.54, 1.807) is 24.3 Å². The van der Waals surface area contributed by atoms with Crippen molar-refractivity contribution in [1.29, 1.82) is 0 Å². The van der Waals surface area contributed by atoms with Crippen molar-refractivity contribution in [3.05, 3.63) is 46.9 Å². The van der Waals surface area contributed by atoms with Crippen molar-refractivity contribution < 1.29 is 18.3 Å². The van der Waals surface area contributed by atoms with Crippen LogP contribution in [0.25, 0.3) is 0 Å². The SMILES string of the molecule is COc1ccc(Br)cc1S(=O)(=O)Nc1ccccc1O. The summed E-state index contributed by atoms with van der Waals surface area (Å²) >= 11 is 3.22. The number of phenolic OH excluding ortho intramolecular Hbond substituents is 1. The maximum Gasteiger partial charge on any atom is 0.265 e. The summed E-state index contributed by atoms with van der Waals surface area (Å²) in [4.78, 5) is -0.0161. The van der Waals surface area contributed by atoms with E-state index in [0.29, 0.717) is 4.47 Å². The average Bonchev–Trinajstić information content (AvgIpc) is 2.41. The van der Waals surface area contributed by atoms with Crippen LogP contribution in [0.1, 0.15) is 0 Å². The molecule has 0 aliphatic carbocycles. The standard InChI is InChI=1S/C13H12BrNO4S/c1-19-12-7-6-9(14)8-13(12)20(17,18)15-10-4-2-3-5-11(10)16/h2-8,15-16H,1H3. The van der Waals surface area contributed by atoms with Crippen LogP contribution >= 0.6 is 15.9 Å². The van der Waals surface area contributed by atoms with Crippen molar-refractivity contribution >= 4 is 31.6 Å². The van der Waals surface area contributed by atoms with Crippen LogP contribution in [0.5, 0.6) is 11.5 Å². The highest BCUT2D eigenvalue weighted by atomic mass is 79.9. The van der Waals surface area contributed by atoms with Gasteiger partial charge in [0.25, 0.3) is 10.0 Å². The van der Waals surface area contributed by atoms with Crippen molar-refractivity contribution in [2.45, 2.75) is 4.90 Å². The first-order valence-corrected chi connectivity index (χ1v) is 7.86. The lowest BCUT2D eigenvalue weighted by Gasteiger charge is -2.12. The monoisotopic (exact) mass is 357 g/mol. The molecule has 0 aromatic heterocycles. The van der Waals surface area contributed by atoms with E-state index < -0.39 is 10.0 Å². The number of hydrogen-bond acceptors (Lipinski definition) is 4. The Bertz CT molecular complexity index is 731. The molecule has 2 aromatic carbocycles. The van der Waals surface area contributed by atoms with Gasteiger partial charge in [-0.1, -0.05) is 28.1 Å². The number of para-hydroxylation sites is 2. The molecular weight excluding hydrogens is 346 g/mol. The number of rotatable bonds is 4. The molecule has 0 spiro atoms. The fraction of sp³-hybridized carbons (Fsp3) is 0.0769. The molecule has 2 rings (SSSR count). The van der Waals surface area contributed by atoms with Crippen molar-refractivity contribution in [2.24, 2.45) is 0 Å². The second-order valence-electron chi connectivity index (χ2n) is 3.92. The number of ether oxygens (including phenoxy) is 1. The zero-order valence-electron chi connectivity index (χ0n) is 10.5. The Morgan fingerprint density at radius 1 is 1.20 bits per heavy atom. The van der Waals surface area contributed by atoms with Crippen LogP contribution in [-0.2, 0) is 10.0 Å². The molecule has 106 valence electrons. The molecule has 0 bridgehead atoms. The van der Waals surface area contributed by atoms with Crippen LogP contribution in [0, 0.1) is 0 Å². The van der Waals surface area contributed by atoms with Crippen molar-refractivity contribution in [3.63, 3.8) is 0 Å². The highest BCUT2D eigenvalue weighted by Crippen LogP contribution is 2.31. The third kappa shape index (κ3) is 3.05. The molecule has 0 aliphatic rings. The molecule has 0 saturated carbocycles. The van der Waals surface area contributed by atoms with Gasteiger partial charge in [0.05, 0.1) is 12.8 Å². The maximum atomic E-state index is 12.4. The fourth-order valence-electron chi connectivity index (χ4n) is 1.62. The van der Waals surface area contributed by atoms with E-state index in [4.69, 9.17) is 4.74 Å². The van der Waals surface area contributed by atoms with Gasteiger partial charge in [-0.15, -0.1) is 0 Å². The summed E-state index contributed by atoms with van der Waals surface area (Å²) in [6, 6.07) is 10.7. The van der Waals surface area contributed by atoms with Crippen LogP contribution in [0.3, 0.4) is 0 Å². The van der Waals surface area contributed by atoms with Crippen LogP contribution in [0.2, 0.25) is 0 Å². The minimum Gasteiger partial charge on any atom is -0.506 e. The van der Waals surface area contributed by atoms with Gasteiger partial charge in [0.1, 0.15) is 16.4 Å². The molecule has 2 N–H and O–H groups in total. The molecule has 7 heteroatoms. The number of phenols is 1. The van der Waals surface area contributed by atoms with E-state index >= 15 is 0 Å². The van der Waals surface area contributed by atoms with Gasteiger partial charge in [0.15, 0.2) is 0 Å². The molecule has 5 nitrogen and oxygen atoms in total. The summed E-state index contributed by atoms with van der Waals surface area (Å²) in [5.74, 6) is 0.0705. The van der Waals surface area contributed by atoms with Gasteiger partial charge >= 0.3 is 0 Å². The Kier molecular flexibility index (Phi) is 4.20. The summed E-state index contributed by atoms with van der Waals surface area (Å²) in [6.45, 7) is 0. The third-order valence-electron chi connectivity index (χ3n) is 2.56.